The van der Waals surface area contributed by atoms with E-state index in [1.807, 2.05) is 13.0 Å². The minimum Gasteiger partial charge on any atom is -0.261 e. The summed E-state index contributed by atoms with van der Waals surface area (Å²) in [6, 6.07) is 13.6. The van der Waals surface area contributed by atoms with E-state index in [9.17, 15) is 0 Å². The van der Waals surface area contributed by atoms with Crippen molar-refractivity contribution in [1.82, 2.24) is 4.98 Å². The molecule has 0 spiro atoms. The number of nitrogens with zero attached hydrogens (tertiary/aromatic N) is 2. The van der Waals surface area contributed by atoms with Crippen LogP contribution in [-0.4, -0.2) is 11.2 Å². The highest BCUT2D eigenvalue weighted by molar-refractivity contribution is 6.36. The normalized spacial score (nSPS) is 11.3. The summed E-state index contributed by atoms with van der Waals surface area (Å²) in [5, 5.41) is 6.50. The Hall–Kier alpha value is -2.10. The molecule has 0 fully saturated rings. The maximum absolute atomic E-state index is 6.12. The Labute approximate surface area is 145 Å². The molecule has 0 saturated heterocycles. The zero-order valence-electron chi connectivity index (χ0n) is 12.8. The molecule has 1 N–H and O–H groups in total. The molecule has 0 aliphatic carbocycles. The molecule has 0 unspecified atom stereocenters. The lowest BCUT2D eigenvalue weighted by atomic mass is 10.1. The number of aromatic nitrogens is 1. The molecule has 116 valence electrons. The SMILES string of the molecule is Cc1ccc2cc(C)c(N/N=C\c3ccc(Cl)cc3Cl)nc2c1. The van der Waals surface area contributed by atoms with Crippen LogP contribution in [0.5, 0.6) is 0 Å². The molecule has 3 nitrogen and oxygen atoms in total. The summed E-state index contributed by atoms with van der Waals surface area (Å²) >= 11 is 12.0. The molecule has 3 aromatic rings. The first-order valence-corrected chi connectivity index (χ1v) is 7.91. The minimum atomic E-state index is 0.557. The van der Waals surface area contributed by atoms with Gasteiger partial charge in [-0.05, 0) is 49.2 Å². The average molecular weight is 344 g/mol. The monoisotopic (exact) mass is 343 g/mol. The lowest BCUT2D eigenvalue weighted by molar-refractivity contribution is 1.22. The number of fused-ring (bicyclic) bond motifs is 1. The maximum atomic E-state index is 6.12. The van der Waals surface area contributed by atoms with E-state index in [1.165, 1.54) is 5.56 Å². The Balaban J connectivity index is 1.86. The number of pyridine rings is 1. The highest BCUT2D eigenvalue weighted by Gasteiger charge is 2.03. The Morgan fingerprint density at radius 3 is 2.65 bits per heavy atom. The Morgan fingerprint density at radius 1 is 1.04 bits per heavy atom. The van der Waals surface area contributed by atoms with E-state index in [4.69, 9.17) is 23.2 Å². The lowest BCUT2D eigenvalue weighted by Crippen LogP contribution is -1.97. The number of halogens is 2. The molecule has 1 aromatic heterocycles. The van der Waals surface area contributed by atoms with Crippen molar-refractivity contribution >= 4 is 46.1 Å². The molecular weight excluding hydrogens is 329 g/mol. The largest absolute Gasteiger partial charge is 0.261 e. The second kappa shape index (κ2) is 6.57. The molecular formula is C18H15Cl2N3. The summed E-state index contributed by atoms with van der Waals surface area (Å²) in [5.74, 6) is 0.726. The van der Waals surface area contributed by atoms with Gasteiger partial charge in [0.1, 0.15) is 5.82 Å². The van der Waals surface area contributed by atoms with Crippen LogP contribution in [0.4, 0.5) is 5.82 Å². The molecule has 0 bridgehead atoms. The fraction of sp³-hybridized carbons (Fsp3) is 0.111. The number of anilines is 1. The minimum absolute atomic E-state index is 0.557. The standard InChI is InChI=1S/C18H15Cl2N3/c1-11-3-4-13-8-12(2)18(22-17(13)7-11)23-21-10-14-5-6-15(19)9-16(14)20/h3-10H,1-2H3,(H,22,23)/b21-10-. The summed E-state index contributed by atoms with van der Waals surface area (Å²) in [6.45, 7) is 4.05. The van der Waals surface area contributed by atoms with E-state index in [-0.39, 0.29) is 0 Å². The third-order valence-electron chi connectivity index (χ3n) is 3.50. The van der Waals surface area contributed by atoms with Gasteiger partial charge in [-0.15, -0.1) is 0 Å². The van der Waals surface area contributed by atoms with Crippen LogP contribution in [0, 0.1) is 13.8 Å². The smallest absolute Gasteiger partial charge is 0.149 e. The van der Waals surface area contributed by atoms with Gasteiger partial charge in [0, 0.05) is 16.0 Å². The zero-order chi connectivity index (χ0) is 16.4. The van der Waals surface area contributed by atoms with Gasteiger partial charge < -0.3 is 0 Å². The number of rotatable bonds is 3. The quantitative estimate of drug-likeness (QED) is 0.496. The topological polar surface area (TPSA) is 37.3 Å². The number of hydrogen-bond donors (Lipinski definition) is 1. The molecule has 0 saturated carbocycles. The molecule has 0 aliphatic rings. The summed E-state index contributed by atoms with van der Waals surface area (Å²) in [7, 11) is 0. The number of nitrogens with one attached hydrogen (secondary N) is 1. The first kappa shape index (κ1) is 15.8. The van der Waals surface area contributed by atoms with Gasteiger partial charge in [0.05, 0.1) is 16.8 Å². The molecule has 0 aliphatic heterocycles. The maximum Gasteiger partial charge on any atom is 0.149 e. The van der Waals surface area contributed by atoms with Crippen molar-refractivity contribution in [3.8, 4) is 0 Å². The number of benzene rings is 2. The van der Waals surface area contributed by atoms with Gasteiger partial charge in [0.2, 0.25) is 0 Å². The second-order valence-electron chi connectivity index (χ2n) is 5.39. The third kappa shape index (κ3) is 3.63. The van der Waals surface area contributed by atoms with Crippen LogP contribution < -0.4 is 5.43 Å². The fourth-order valence-corrected chi connectivity index (χ4v) is 2.72. The van der Waals surface area contributed by atoms with Crippen LogP contribution in [0.2, 0.25) is 10.0 Å². The Kier molecular flexibility index (Phi) is 4.51. The highest BCUT2D eigenvalue weighted by atomic mass is 35.5. The van der Waals surface area contributed by atoms with Crippen molar-refractivity contribution in [1.29, 1.82) is 0 Å². The van der Waals surface area contributed by atoms with Gasteiger partial charge in [0.25, 0.3) is 0 Å². The zero-order valence-corrected chi connectivity index (χ0v) is 14.3. The average Bonchev–Trinajstić information content (AvgIpc) is 2.50. The Bertz CT molecular complexity index is 904. The van der Waals surface area contributed by atoms with E-state index in [0.29, 0.717) is 10.0 Å². The van der Waals surface area contributed by atoms with Crippen LogP contribution in [0.25, 0.3) is 10.9 Å². The predicted octanol–water partition coefficient (Wildman–Crippen LogP) is 5.60. The van der Waals surface area contributed by atoms with Crippen molar-refractivity contribution in [2.45, 2.75) is 13.8 Å². The summed E-state index contributed by atoms with van der Waals surface area (Å²) in [6.07, 6.45) is 1.65. The van der Waals surface area contributed by atoms with Crippen LogP contribution in [0.3, 0.4) is 0 Å². The number of hydrogen-bond acceptors (Lipinski definition) is 3. The van der Waals surface area contributed by atoms with E-state index < -0.39 is 0 Å². The summed E-state index contributed by atoms with van der Waals surface area (Å²) < 4.78 is 0. The van der Waals surface area contributed by atoms with Crippen LogP contribution in [0.1, 0.15) is 16.7 Å². The summed E-state index contributed by atoms with van der Waals surface area (Å²) in [5.41, 5.74) is 6.92. The van der Waals surface area contributed by atoms with Crippen molar-refractivity contribution in [2.24, 2.45) is 5.10 Å². The summed E-state index contributed by atoms with van der Waals surface area (Å²) in [4.78, 5) is 4.62. The van der Waals surface area contributed by atoms with Crippen molar-refractivity contribution in [3.05, 3.63) is 69.2 Å². The van der Waals surface area contributed by atoms with Gasteiger partial charge in [-0.25, -0.2) is 4.98 Å². The molecule has 5 heteroatoms. The van der Waals surface area contributed by atoms with Gasteiger partial charge in [-0.3, -0.25) is 5.43 Å². The first-order chi connectivity index (χ1) is 11.0. The van der Waals surface area contributed by atoms with Crippen molar-refractivity contribution in [2.75, 3.05) is 5.43 Å². The van der Waals surface area contributed by atoms with Crippen LogP contribution >= 0.6 is 23.2 Å². The fourth-order valence-electron chi connectivity index (χ4n) is 2.27. The van der Waals surface area contributed by atoms with Gasteiger partial charge in [0.15, 0.2) is 0 Å². The van der Waals surface area contributed by atoms with E-state index in [2.05, 4.69) is 46.7 Å². The molecule has 2 aromatic carbocycles. The Morgan fingerprint density at radius 2 is 1.87 bits per heavy atom. The third-order valence-corrected chi connectivity index (χ3v) is 4.06. The number of aryl methyl sites for hydroxylation is 2. The molecule has 0 radical (unpaired) electrons. The molecule has 3 rings (SSSR count). The first-order valence-electron chi connectivity index (χ1n) is 7.15. The van der Waals surface area contributed by atoms with E-state index in [1.54, 1.807) is 18.3 Å². The predicted molar refractivity (Wildman–Crippen MR) is 98.9 cm³/mol. The molecule has 1 heterocycles. The lowest BCUT2D eigenvalue weighted by Gasteiger charge is -2.07. The molecule has 0 atom stereocenters. The molecule has 0 amide bonds. The van der Waals surface area contributed by atoms with Gasteiger partial charge >= 0.3 is 0 Å². The van der Waals surface area contributed by atoms with Crippen LogP contribution in [0.15, 0.2) is 47.6 Å². The van der Waals surface area contributed by atoms with Crippen molar-refractivity contribution in [3.63, 3.8) is 0 Å². The van der Waals surface area contributed by atoms with Gasteiger partial charge in [-0.1, -0.05) is 41.4 Å². The van der Waals surface area contributed by atoms with Crippen molar-refractivity contribution < 1.29 is 0 Å². The molecule has 23 heavy (non-hydrogen) atoms. The number of hydrazone groups is 1. The van der Waals surface area contributed by atoms with E-state index >= 15 is 0 Å². The van der Waals surface area contributed by atoms with Gasteiger partial charge in [-0.2, -0.15) is 5.10 Å². The highest BCUT2D eigenvalue weighted by Crippen LogP contribution is 2.22. The van der Waals surface area contributed by atoms with Crippen LogP contribution in [-0.2, 0) is 0 Å². The van der Waals surface area contributed by atoms with E-state index in [0.717, 1.165) is 27.8 Å². The second-order valence-corrected chi connectivity index (χ2v) is 6.23.